The average Bonchev–Trinajstić information content (AvgIpc) is 3.61. The molecule has 1 N–H and O–H groups in total. The standard InChI is InChI=1S/C24H24N4O5S/c1-31-21-13-15(28(29)30)7-8-17(21)19-9-10-20(33-19)23-22(18-6-2-3-11-25-18)26-24(34)27(23)14-16-5-4-12-32-16/h2-3,6-11,13,16,22-23H,4-5,12,14H2,1H3,(H,26,34)/t16-,22-,23+/m0/s1. The minimum Gasteiger partial charge on any atom is -0.496 e. The lowest BCUT2D eigenvalue weighted by Crippen LogP contribution is -2.36. The van der Waals surface area contributed by atoms with E-state index in [2.05, 4.69) is 15.2 Å². The van der Waals surface area contributed by atoms with Crippen LogP contribution in [-0.2, 0) is 4.74 Å². The number of aromatic nitrogens is 1. The minimum absolute atomic E-state index is 0.0457. The first kappa shape index (κ1) is 22.3. The first-order valence-corrected chi connectivity index (χ1v) is 11.5. The zero-order valence-electron chi connectivity index (χ0n) is 18.5. The molecule has 0 spiro atoms. The lowest BCUT2D eigenvalue weighted by atomic mass is 10.0. The van der Waals surface area contributed by atoms with E-state index in [1.165, 1.54) is 19.2 Å². The maximum atomic E-state index is 11.2. The monoisotopic (exact) mass is 480 g/mol. The first-order valence-electron chi connectivity index (χ1n) is 11.1. The predicted molar refractivity (Wildman–Crippen MR) is 128 cm³/mol. The molecule has 10 heteroatoms. The van der Waals surface area contributed by atoms with Gasteiger partial charge in [0.1, 0.15) is 23.3 Å². The maximum absolute atomic E-state index is 11.2. The van der Waals surface area contributed by atoms with Crippen molar-refractivity contribution in [2.45, 2.75) is 31.0 Å². The smallest absolute Gasteiger partial charge is 0.273 e. The van der Waals surface area contributed by atoms with Gasteiger partial charge in [-0.25, -0.2) is 0 Å². The molecule has 0 saturated carbocycles. The SMILES string of the molecule is COc1cc([N+](=O)[O-])ccc1-c1ccc([C@@H]2[C@H](c3ccccn3)NC(=S)N2C[C@@H]2CCCO2)o1. The van der Waals surface area contributed by atoms with Crippen LogP contribution in [0.3, 0.4) is 0 Å². The Morgan fingerprint density at radius 1 is 1.29 bits per heavy atom. The van der Waals surface area contributed by atoms with E-state index in [0.717, 1.165) is 25.1 Å². The number of pyridine rings is 1. The molecule has 3 atom stereocenters. The van der Waals surface area contributed by atoms with Gasteiger partial charge >= 0.3 is 0 Å². The number of nitro benzene ring substituents is 1. The van der Waals surface area contributed by atoms with Crippen LogP contribution in [0.15, 0.2) is 59.1 Å². The molecular formula is C24H24N4O5S. The average molecular weight is 481 g/mol. The van der Waals surface area contributed by atoms with Gasteiger partial charge in [0.2, 0.25) is 0 Å². The summed E-state index contributed by atoms with van der Waals surface area (Å²) in [6, 6.07) is 13.6. The van der Waals surface area contributed by atoms with Gasteiger partial charge in [-0.1, -0.05) is 6.07 Å². The number of thiocarbonyl (C=S) groups is 1. The van der Waals surface area contributed by atoms with E-state index < -0.39 is 4.92 Å². The van der Waals surface area contributed by atoms with E-state index >= 15 is 0 Å². The van der Waals surface area contributed by atoms with Crippen molar-refractivity contribution >= 4 is 23.0 Å². The molecule has 2 aromatic heterocycles. The Labute approximate surface area is 201 Å². The highest BCUT2D eigenvalue weighted by Gasteiger charge is 2.43. The molecule has 2 aliphatic rings. The highest BCUT2D eigenvalue weighted by Crippen LogP contribution is 2.42. The largest absolute Gasteiger partial charge is 0.496 e. The lowest BCUT2D eigenvalue weighted by Gasteiger charge is -2.28. The van der Waals surface area contributed by atoms with Gasteiger partial charge in [0.05, 0.1) is 41.5 Å². The molecule has 0 amide bonds. The zero-order valence-corrected chi connectivity index (χ0v) is 19.4. The second kappa shape index (κ2) is 9.40. The van der Waals surface area contributed by atoms with Gasteiger partial charge in [-0.05, 0) is 55.4 Å². The van der Waals surface area contributed by atoms with E-state index in [-0.39, 0.29) is 23.9 Å². The number of nitrogens with one attached hydrogen (secondary N) is 1. The third-order valence-electron chi connectivity index (χ3n) is 6.20. The third kappa shape index (κ3) is 4.22. The number of nitro groups is 1. The summed E-state index contributed by atoms with van der Waals surface area (Å²) < 4.78 is 17.6. The number of hydrogen-bond acceptors (Lipinski definition) is 7. The molecule has 2 fully saturated rings. The molecule has 9 nitrogen and oxygen atoms in total. The number of non-ortho nitro benzene ring substituents is 1. The van der Waals surface area contributed by atoms with Gasteiger partial charge in [-0.15, -0.1) is 0 Å². The number of methoxy groups -OCH3 is 1. The maximum Gasteiger partial charge on any atom is 0.273 e. The van der Waals surface area contributed by atoms with Gasteiger partial charge in [-0.3, -0.25) is 15.1 Å². The Morgan fingerprint density at radius 3 is 2.88 bits per heavy atom. The van der Waals surface area contributed by atoms with Gasteiger partial charge in [0.15, 0.2) is 5.11 Å². The van der Waals surface area contributed by atoms with Crippen molar-refractivity contribution in [3.05, 3.63) is 76.3 Å². The van der Waals surface area contributed by atoms with E-state index in [9.17, 15) is 10.1 Å². The molecule has 5 rings (SSSR count). The van der Waals surface area contributed by atoms with Crippen LogP contribution in [0.1, 0.15) is 36.4 Å². The normalized spacial score (nSPS) is 22.1. The van der Waals surface area contributed by atoms with Crippen LogP contribution < -0.4 is 10.1 Å². The molecule has 0 radical (unpaired) electrons. The van der Waals surface area contributed by atoms with Gasteiger partial charge in [-0.2, -0.15) is 0 Å². The number of hydrogen-bond donors (Lipinski definition) is 1. The fraction of sp³-hybridized carbons (Fsp3) is 0.333. The summed E-state index contributed by atoms with van der Waals surface area (Å²) in [7, 11) is 1.48. The quantitative estimate of drug-likeness (QED) is 0.299. The van der Waals surface area contributed by atoms with Crippen molar-refractivity contribution in [1.29, 1.82) is 0 Å². The van der Waals surface area contributed by atoms with Crippen LogP contribution in [0.2, 0.25) is 0 Å². The highest BCUT2D eigenvalue weighted by molar-refractivity contribution is 7.80. The number of benzene rings is 1. The molecule has 0 bridgehead atoms. The fourth-order valence-corrected chi connectivity index (χ4v) is 4.89. The summed E-state index contributed by atoms with van der Waals surface area (Å²) in [5, 5.41) is 15.2. The summed E-state index contributed by atoms with van der Waals surface area (Å²) in [6.45, 7) is 1.41. The van der Waals surface area contributed by atoms with Crippen LogP contribution in [-0.4, -0.2) is 46.3 Å². The predicted octanol–water partition coefficient (Wildman–Crippen LogP) is 4.41. The molecule has 176 valence electrons. The molecule has 3 aromatic rings. The summed E-state index contributed by atoms with van der Waals surface area (Å²) in [6.07, 6.45) is 3.89. The number of nitrogens with zero attached hydrogens (tertiary/aromatic N) is 3. The Balaban J connectivity index is 1.51. The summed E-state index contributed by atoms with van der Waals surface area (Å²) >= 11 is 5.71. The number of furan rings is 1. The first-order chi connectivity index (χ1) is 16.5. The summed E-state index contributed by atoms with van der Waals surface area (Å²) in [5.41, 5.74) is 1.44. The summed E-state index contributed by atoms with van der Waals surface area (Å²) in [5.74, 6) is 1.63. The molecule has 2 saturated heterocycles. The molecule has 4 heterocycles. The summed E-state index contributed by atoms with van der Waals surface area (Å²) in [4.78, 5) is 17.4. The van der Waals surface area contributed by atoms with E-state index in [4.69, 9.17) is 26.1 Å². The molecule has 34 heavy (non-hydrogen) atoms. The molecule has 1 aromatic carbocycles. The third-order valence-corrected chi connectivity index (χ3v) is 6.55. The Hall–Kier alpha value is -3.50. The molecule has 0 aliphatic carbocycles. The highest BCUT2D eigenvalue weighted by atomic mass is 32.1. The second-order valence-electron chi connectivity index (χ2n) is 8.26. The van der Waals surface area contributed by atoms with E-state index in [1.54, 1.807) is 12.3 Å². The number of rotatable bonds is 7. The Morgan fingerprint density at radius 2 is 2.18 bits per heavy atom. The van der Waals surface area contributed by atoms with E-state index in [0.29, 0.717) is 34.5 Å². The van der Waals surface area contributed by atoms with Gasteiger partial charge in [0.25, 0.3) is 5.69 Å². The molecular weight excluding hydrogens is 456 g/mol. The molecule has 0 unspecified atom stereocenters. The van der Waals surface area contributed by atoms with Crippen LogP contribution in [0.25, 0.3) is 11.3 Å². The van der Waals surface area contributed by atoms with Gasteiger partial charge in [0, 0.05) is 25.4 Å². The fourth-order valence-electron chi connectivity index (χ4n) is 4.57. The Kier molecular flexibility index (Phi) is 6.16. The van der Waals surface area contributed by atoms with Crippen LogP contribution in [0, 0.1) is 10.1 Å². The van der Waals surface area contributed by atoms with Crippen LogP contribution in [0.4, 0.5) is 5.69 Å². The lowest BCUT2D eigenvalue weighted by molar-refractivity contribution is -0.384. The number of ether oxygens (including phenoxy) is 2. The van der Waals surface area contributed by atoms with Crippen LogP contribution >= 0.6 is 12.2 Å². The van der Waals surface area contributed by atoms with Crippen LogP contribution in [0.5, 0.6) is 5.75 Å². The van der Waals surface area contributed by atoms with Crippen molar-refractivity contribution in [2.24, 2.45) is 0 Å². The second-order valence-corrected chi connectivity index (χ2v) is 8.64. The minimum atomic E-state index is -0.453. The van der Waals surface area contributed by atoms with Crippen molar-refractivity contribution in [3.8, 4) is 17.1 Å². The molecule has 2 aliphatic heterocycles. The zero-order chi connectivity index (χ0) is 23.7. The Bertz CT molecular complexity index is 1200. The van der Waals surface area contributed by atoms with E-state index in [1.807, 2.05) is 30.3 Å². The topological polar surface area (TPSA) is 103 Å². The van der Waals surface area contributed by atoms with Crippen molar-refractivity contribution < 1.29 is 18.8 Å². The van der Waals surface area contributed by atoms with Crippen molar-refractivity contribution in [2.75, 3.05) is 20.3 Å². The van der Waals surface area contributed by atoms with Gasteiger partial charge < -0.3 is 24.1 Å². The van der Waals surface area contributed by atoms with Crippen molar-refractivity contribution in [3.63, 3.8) is 0 Å². The van der Waals surface area contributed by atoms with Crippen molar-refractivity contribution in [1.82, 2.24) is 15.2 Å².